The van der Waals surface area contributed by atoms with E-state index in [4.69, 9.17) is 4.74 Å². The highest BCUT2D eigenvalue weighted by Crippen LogP contribution is 2.27. The largest absolute Gasteiger partial charge is 0.394 e. The number of thiazole rings is 1. The van der Waals surface area contributed by atoms with E-state index in [1.807, 2.05) is 5.38 Å². The summed E-state index contributed by atoms with van der Waals surface area (Å²) in [7, 11) is 1.66. The van der Waals surface area contributed by atoms with Crippen molar-refractivity contribution in [1.82, 2.24) is 10.3 Å². The molecule has 1 aromatic heterocycles. The molecule has 0 spiro atoms. The van der Waals surface area contributed by atoms with Crippen LogP contribution in [0.5, 0.6) is 0 Å². The van der Waals surface area contributed by atoms with Crippen molar-refractivity contribution in [3.05, 3.63) is 16.1 Å². The molecule has 5 heteroatoms. The van der Waals surface area contributed by atoms with Gasteiger partial charge in [0.1, 0.15) is 0 Å². The van der Waals surface area contributed by atoms with Gasteiger partial charge < -0.3 is 15.2 Å². The predicted octanol–water partition coefficient (Wildman–Crippen LogP) is 1.71. The highest BCUT2D eigenvalue weighted by molar-refractivity contribution is 7.09. The normalized spacial score (nSPS) is 13.9. The molecule has 17 heavy (non-hydrogen) atoms. The van der Waals surface area contributed by atoms with Crippen molar-refractivity contribution in [1.29, 1.82) is 0 Å². The van der Waals surface area contributed by atoms with E-state index in [1.165, 1.54) is 0 Å². The van der Waals surface area contributed by atoms with Crippen LogP contribution in [0.4, 0.5) is 0 Å². The average molecular weight is 258 g/mol. The molecule has 0 aliphatic carbocycles. The molecule has 4 nitrogen and oxygen atoms in total. The van der Waals surface area contributed by atoms with Gasteiger partial charge in [-0.25, -0.2) is 4.98 Å². The Morgan fingerprint density at radius 1 is 1.53 bits per heavy atom. The highest BCUT2D eigenvalue weighted by Gasteiger charge is 2.20. The van der Waals surface area contributed by atoms with Gasteiger partial charge in [-0.3, -0.25) is 0 Å². The smallest absolute Gasteiger partial charge is 0.0982 e. The lowest BCUT2D eigenvalue weighted by Gasteiger charge is -2.16. The molecule has 0 aromatic carbocycles. The van der Waals surface area contributed by atoms with Crippen molar-refractivity contribution < 1.29 is 9.84 Å². The Morgan fingerprint density at radius 2 is 2.24 bits per heavy atom. The second-order valence-electron chi connectivity index (χ2n) is 5.01. The lowest BCUT2D eigenvalue weighted by Crippen LogP contribution is -2.28. The summed E-state index contributed by atoms with van der Waals surface area (Å²) in [6.45, 7) is 7.82. The quantitative estimate of drug-likeness (QED) is 0.763. The molecule has 0 saturated carbocycles. The summed E-state index contributed by atoms with van der Waals surface area (Å²) in [5.41, 5.74) is 0.980. The molecule has 1 heterocycles. The number of hydrogen-bond acceptors (Lipinski definition) is 5. The first-order valence-corrected chi connectivity index (χ1v) is 6.66. The average Bonchev–Trinajstić information content (AvgIpc) is 2.73. The maximum atomic E-state index is 9.35. The van der Waals surface area contributed by atoms with Gasteiger partial charge in [-0.1, -0.05) is 20.8 Å². The van der Waals surface area contributed by atoms with Crippen LogP contribution in [0.25, 0.3) is 0 Å². The Hall–Kier alpha value is -0.490. The number of methoxy groups -OCH3 is 1. The monoisotopic (exact) mass is 258 g/mol. The molecule has 0 amide bonds. The number of rotatable bonds is 6. The Kier molecular flexibility index (Phi) is 5.52. The topological polar surface area (TPSA) is 54.4 Å². The minimum atomic E-state index is -0.0995. The van der Waals surface area contributed by atoms with Crippen LogP contribution in [0, 0.1) is 0 Å². The van der Waals surface area contributed by atoms with Gasteiger partial charge in [0.05, 0.1) is 30.0 Å². The van der Waals surface area contributed by atoms with Gasteiger partial charge in [0.2, 0.25) is 0 Å². The molecule has 1 unspecified atom stereocenters. The zero-order valence-electron chi connectivity index (χ0n) is 11.0. The van der Waals surface area contributed by atoms with Crippen molar-refractivity contribution in [2.45, 2.75) is 32.2 Å². The van der Waals surface area contributed by atoms with Crippen molar-refractivity contribution >= 4 is 11.3 Å². The van der Waals surface area contributed by atoms with E-state index in [0.717, 1.165) is 10.7 Å². The minimum Gasteiger partial charge on any atom is -0.394 e. The van der Waals surface area contributed by atoms with E-state index in [2.05, 4.69) is 31.1 Å². The third-order valence-corrected chi connectivity index (χ3v) is 3.69. The van der Waals surface area contributed by atoms with Crippen LogP contribution in [-0.4, -0.2) is 37.0 Å². The van der Waals surface area contributed by atoms with Gasteiger partial charge in [0, 0.05) is 24.4 Å². The predicted molar refractivity (Wildman–Crippen MR) is 70.5 cm³/mol. The summed E-state index contributed by atoms with van der Waals surface area (Å²) >= 11 is 1.65. The Bertz CT molecular complexity index is 333. The third kappa shape index (κ3) is 4.35. The van der Waals surface area contributed by atoms with Crippen LogP contribution in [0.15, 0.2) is 5.38 Å². The summed E-state index contributed by atoms with van der Waals surface area (Å²) in [4.78, 5) is 4.59. The molecular formula is C12H22N2O2S. The number of ether oxygens (including phenoxy) is 1. The SMILES string of the molecule is COCCNC(CO)c1csc(C(C)(C)C)n1. The summed E-state index contributed by atoms with van der Waals surface area (Å²) in [5.74, 6) is 0. The standard InChI is InChI=1S/C12H22N2O2S/c1-12(2,3)11-14-10(8-17-11)9(7-15)13-5-6-16-4/h8-9,13,15H,5-7H2,1-4H3. The fourth-order valence-corrected chi connectivity index (χ4v) is 2.35. The van der Waals surface area contributed by atoms with E-state index >= 15 is 0 Å². The highest BCUT2D eigenvalue weighted by atomic mass is 32.1. The number of nitrogens with one attached hydrogen (secondary N) is 1. The van der Waals surface area contributed by atoms with E-state index in [-0.39, 0.29) is 18.1 Å². The molecule has 0 saturated heterocycles. The maximum Gasteiger partial charge on any atom is 0.0982 e. The number of hydrogen-bond donors (Lipinski definition) is 2. The molecule has 0 aliphatic heterocycles. The number of aromatic nitrogens is 1. The molecule has 98 valence electrons. The van der Waals surface area contributed by atoms with Crippen molar-refractivity contribution in [3.8, 4) is 0 Å². The molecule has 0 radical (unpaired) electrons. The van der Waals surface area contributed by atoms with Crippen LogP contribution in [-0.2, 0) is 10.2 Å². The Morgan fingerprint density at radius 3 is 2.71 bits per heavy atom. The summed E-state index contributed by atoms with van der Waals surface area (Å²) < 4.78 is 4.97. The zero-order valence-corrected chi connectivity index (χ0v) is 11.8. The molecule has 1 aromatic rings. The van der Waals surface area contributed by atoms with Crippen LogP contribution in [0.2, 0.25) is 0 Å². The second kappa shape index (κ2) is 6.44. The van der Waals surface area contributed by atoms with Gasteiger partial charge >= 0.3 is 0 Å². The summed E-state index contributed by atoms with van der Waals surface area (Å²) in [6, 6.07) is -0.0995. The lowest BCUT2D eigenvalue weighted by molar-refractivity contribution is 0.183. The van der Waals surface area contributed by atoms with E-state index in [9.17, 15) is 5.11 Å². The second-order valence-corrected chi connectivity index (χ2v) is 5.87. The van der Waals surface area contributed by atoms with E-state index in [0.29, 0.717) is 13.2 Å². The van der Waals surface area contributed by atoms with Gasteiger partial charge in [0.25, 0.3) is 0 Å². The first kappa shape index (κ1) is 14.6. The van der Waals surface area contributed by atoms with Gasteiger partial charge in [-0.05, 0) is 0 Å². The summed E-state index contributed by atoms with van der Waals surface area (Å²) in [6.07, 6.45) is 0. The van der Waals surface area contributed by atoms with Gasteiger partial charge in [-0.2, -0.15) is 0 Å². The number of aliphatic hydroxyl groups excluding tert-OH is 1. The van der Waals surface area contributed by atoms with E-state index in [1.54, 1.807) is 18.4 Å². The number of nitrogens with zero attached hydrogens (tertiary/aromatic N) is 1. The molecular weight excluding hydrogens is 236 g/mol. The van der Waals surface area contributed by atoms with Crippen LogP contribution in [0.3, 0.4) is 0 Å². The molecule has 2 N–H and O–H groups in total. The van der Waals surface area contributed by atoms with Crippen LogP contribution in [0.1, 0.15) is 37.5 Å². The molecule has 1 atom stereocenters. The van der Waals surface area contributed by atoms with Gasteiger partial charge in [0.15, 0.2) is 0 Å². The summed E-state index contributed by atoms with van der Waals surface area (Å²) in [5, 5.41) is 15.7. The third-order valence-electron chi connectivity index (χ3n) is 2.40. The fourth-order valence-electron chi connectivity index (χ4n) is 1.39. The van der Waals surface area contributed by atoms with Crippen molar-refractivity contribution in [2.24, 2.45) is 0 Å². The minimum absolute atomic E-state index is 0.0526. The lowest BCUT2D eigenvalue weighted by atomic mass is 9.98. The molecule has 0 aliphatic rings. The van der Waals surface area contributed by atoms with E-state index < -0.39 is 0 Å². The molecule has 1 rings (SSSR count). The maximum absolute atomic E-state index is 9.35. The number of aliphatic hydroxyl groups is 1. The first-order chi connectivity index (χ1) is 7.99. The Labute approximate surface area is 107 Å². The molecule has 0 fully saturated rings. The van der Waals surface area contributed by atoms with Crippen molar-refractivity contribution in [3.63, 3.8) is 0 Å². The zero-order chi connectivity index (χ0) is 12.9. The van der Waals surface area contributed by atoms with Crippen LogP contribution >= 0.6 is 11.3 Å². The van der Waals surface area contributed by atoms with Gasteiger partial charge in [-0.15, -0.1) is 11.3 Å². The van der Waals surface area contributed by atoms with Crippen LogP contribution < -0.4 is 5.32 Å². The Balaban J connectivity index is 2.66. The first-order valence-electron chi connectivity index (χ1n) is 5.78. The van der Waals surface area contributed by atoms with Crippen molar-refractivity contribution in [2.75, 3.05) is 26.9 Å². The molecule has 0 bridgehead atoms. The fraction of sp³-hybridized carbons (Fsp3) is 0.750.